The number of aromatic nitrogens is 3. The van der Waals surface area contributed by atoms with E-state index in [0.29, 0.717) is 5.69 Å². The van der Waals surface area contributed by atoms with Crippen LogP contribution in [0.5, 0.6) is 0 Å². The van der Waals surface area contributed by atoms with Crippen molar-refractivity contribution in [3.05, 3.63) is 36.3 Å². The molecule has 5 nitrogen and oxygen atoms in total. The zero-order valence-corrected chi connectivity index (χ0v) is 13.0. The van der Waals surface area contributed by atoms with Crippen LogP contribution in [0.25, 0.3) is 11.3 Å². The number of hydrogen-bond donors (Lipinski definition) is 1. The van der Waals surface area contributed by atoms with Gasteiger partial charge >= 0.3 is 0 Å². The predicted molar refractivity (Wildman–Crippen MR) is 85.5 cm³/mol. The molecule has 0 unspecified atom stereocenters. The standard InChI is InChI=1S/C18H20N4O/c23-18(17-8-16(20-21-17)11-3-5-19-6-4-11)22-9-14-12-1-2-13(7-12)15(14)10-22/h3-6,8,12-15H,1-2,7,9-10H2,(H,20,21)/t12-,13+,14-,15+. The molecular formula is C18H20N4O. The summed E-state index contributed by atoms with van der Waals surface area (Å²) in [5, 5.41) is 7.22. The van der Waals surface area contributed by atoms with Crippen molar-refractivity contribution in [1.82, 2.24) is 20.1 Å². The molecule has 0 radical (unpaired) electrons. The Morgan fingerprint density at radius 2 is 1.83 bits per heavy atom. The van der Waals surface area contributed by atoms with Crippen molar-refractivity contribution in [2.24, 2.45) is 23.7 Å². The van der Waals surface area contributed by atoms with Crippen LogP contribution in [-0.4, -0.2) is 39.1 Å². The highest BCUT2D eigenvalue weighted by Gasteiger charge is 2.52. The molecule has 0 spiro atoms. The predicted octanol–water partition coefficient (Wildman–Crippen LogP) is 2.59. The fourth-order valence-corrected chi connectivity index (χ4v) is 5.12. The average molecular weight is 308 g/mol. The Morgan fingerprint density at radius 3 is 2.52 bits per heavy atom. The number of nitrogens with zero attached hydrogens (tertiary/aromatic N) is 3. The SMILES string of the molecule is O=C(c1cc(-c2ccncc2)n[nH]1)N1C[C@@H]2[C@@H]3CC[C@@H](C3)[C@@H]2C1. The van der Waals surface area contributed by atoms with Crippen LogP contribution in [0, 0.1) is 23.7 Å². The van der Waals surface area contributed by atoms with Crippen LogP contribution >= 0.6 is 0 Å². The maximum absolute atomic E-state index is 12.8. The summed E-state index contributed by atoms with van der Waals surface area (Å²) in [4.78, 5) is 18.9. The molecule has 1 amide bonds. The number of likely N-dealkylation sites (tertiary alicyclic amines) is 1. The topological polar surface area (TPSA) is 61.9 Å². The summed E-state index contributed by atoms with van der Waals surface area (Å²) in [5.41, 5.74) is 2.38. The van der Waals surface area contributed by atoms with E-state index in [0.717, 1.165) is 48.0 Å². The Morgan fingerprint density at radius 1 is 1.13 bits per heavy atom. The summed E-state index contributed by atoms with van der Waals surface area (Å²) < 4.78 is 0. The van der Waals surface area contributed by atoms with Gasteiger partial charge in [0.15, 0.2) is 0 Å². The van der Waals surface area contributed by atoms with Crippen LogP contribution in [0.3, 0.4) is 0 Å². The van der Waals surface area contributed by atoms with E-state index < -0.39 is 0 Å². The minimum Gasteiger partial charge on any atom is -0.337 e. The number of pyridine rings is 1. The highest BCUT2D eigenvalue weighted by molar-refractivity contribution is 5.93. The first-order valence-electron chi connectivity index (χ1n) is 8.54. The molecule has 2 aromatic rings. The van der Waals surface area contributed by atoms with Gasteiger partial charge < -0.3 is 4.90 Å². The average Bonchev–Trinajstić information content (AvgIpc) is 3.35. The van der Waals surface area contributed by atoms with Crippen molar-refractivity contribution in [3.8, 4) is 11.3 Å². The molecule has 2 aliphatic carbocycles. The molecule has 3 fully saturated rings. The van der Waals surface area contributed by atoms with Crippen LogP contribution in [0.2, 0.25) is 0 Å². The second kappa shape index (κ2) is 4.91. The zero-order valence-electron chi connectivity index (χ0n) is 13.0. The van der Waals surface area contributed by atoms with Crippen molar-refractivity contribution < 1.29 is 4.79 Å². The second-order valence-corrected chi connectivity index (χ2v) is 7.27. The van der Waals surface area contributed by atoms with Gasteiger partial charge in [-0.2, -0.15) is 5.10 Å². The molecule has 0 aromatic carbocycles. The summed E-state index contributed by atoms with van der Waals surface area (Å²) >= 11 is 0. The van der Waals surface area contributed by atoms with E-state index in [1.165, 1.54) is 19.3 Å². The molecule has 4 atom stereocenters. The van der Waals surface area contributed by atoms with Crippen LogP contribution in [0.15, 0.2) is 30.6 Å². The summed E-state index contributed by atoms with van der Waals surface area (Å²) in [5.74, 6) is 3.35. The number of carbonyl (C=O) groups is 1. The summed E-state index contributed by atoms with van der Waals surface area (Å²) in [6.45, 7) is 1.88. The monoisotopic (exact) mass is 308 g/mol. The highest BCUT2D eigenvalue weighted by atomic mass is 16.2. The van der Waals surface area contributed by atoms with E-state index in [1.807, 2.05) is 23.1 Å². The highest BCUT2D eigenvalue weighted by Crippen LogP contribution is 2.55. The van der Waals surface area contributed by atoms with Gasteiger partial charge in [0.1, 0.15) is 5.69 Å². The second-order valence-electron chi connectivity index (χ2n) is 7.27. The van der Waals surface area contributed by atoms with Gasteiger partial charge in [-0.05, 0) is 61.1 Å². The van der Waals surface area contributed by atoms with Crippen LogP contribution in [-0.2, 0) is 0 Å². The van der Waals surface area contributed by atoms with E-state index in [2.05, 4.69) is 15.2 Å². The summed E-state index contributed by atoms with van der Waals surface area (Å²) in [6.07, 6.45) is 7.65. The third-order valence-electron chi connectivity index (χ3n) is 6.21. The third kappa shape index (κ3) is 2.02. The van der Waals surface area contributed by atoms with E-state index >= 15 is 0 Å². The van der Waals surface area contributed by atoms with Crippen molar-refractivity contribution in [3.63, 3.8) is 0 Å². The lowest BCUT2D eigenvalue weighted by atomic mass is 9.82. The van der Waals surface area contributed by atoms with Crippen molar-refractivity contribution >= 4 is 5.91 Å². The number of aromatic amines is 1. The van der Waals surface area contributed by atoms with E-state index in [-0.39, 0.29) is 5.91 Å². The largest absolute Gasteiger partial charge is 0.337 e. The molecule has 2 bridgehead atoms. The maximum atomic E-state index is 12.8. The Hall–Kier alpha value is -2.17. The van der Waals surface area contributed by atoms with Gasteiger partial charge in [0.2, 0.25) is 0 Å². The van der Waals surface area contributed by atoms with Gasteiger partial charge in [0.05, 0.1) is 5.69 Å². The van der Waals surface area contributed by atoms with Crippen molar-refractivity contribution in [2.75, 3.05) is 13.1 Å². The molecule has 3 heterocycles. The minimum absolute atomic E-state index is 0.103. The van der Waals surface area contributed by atoms with Gasteiger partial charge in [-0.3, -0.25) is 14.9 Å². The van der Waals surface area contributed by atoms with Gasteiger partial charge in [-0.15, -0.1) is 0 Å². The maximum Gasteiger partial charge on any atom is 0.271 e. The molecule has 5 rings (SSSR count). The molecule has 1 saturated heterocycles. The van der Waals surface area contributed by atoms with Crippen molar-refractivity contribution in [1.29, 1.82) is 0 Å². The molecular weight excluding hydrogens is 288 g/mol. The van der Waals surface area contributed by atoms with Gasteiger partial charge in [0, 0.05) is 31.0 Å². The number of H-pyrrole nitrogens is 1. The van der Waals surface area contributed by atoms with Crippen molar-refractivity contribution in [2.45, 2.75) is 19.3 Å². The molecule has 118 valence electrons. The van der Waals surface area contributed by atoms with Crippen LogP contribution in [0.1, 0.15) is 29.8 Å². The Labute approximate surface area is 135 Å². The van der Waals surface area contributed by atoms with Crippen LogP contribution < -0.4 is 0 Å². The molecule has 5 heteroatoms. The molecule has 3 aliphatic rings. The first-order valence-corrected chi connectivity index (χ1v) is 8.54. The molecule has 2 aromatic heterocycles. The summed E-state index contributed by atoms with van der Waals surface area (Å²) in [6, 6.07) is 5.67. The molecule has 2 saturated carbocycles. The van der Waals surface area contributed by atoms with E-state index in [1.54, 1.807) is 12.4 Å². The molecule has 23 heavy (non-hydrogen) atoms. The lowest BCUT2D eigenvalue weighted by molar-refractivity contribution is 0.0770. The zero-order chi connectivity index (χ0) is 15.4. The Kier molecular flexibility index (Phi) is 2.84. The fourth-order valence-electron chi connectivity index (χ4n) is 5.12. The van der Waals surface area contributed by atoms with Gasteiger partial charge in [0.25, 0.3) is 5.91 Å². The first-order chi connectivity index (χ1) is 11.3. The first kappa shape index (κ1) is 13.3. The lowest BCUT2D eigenvalue weighted by Gasteiger charge is -2.22. The fraction of sp³-hybridized carbons (Fsp3) is 0.500. The number of nitrogens with one attached hydrogen (secondary N) is 1. The number of rotatable bonds is 2. The quantitative estimate of drug-likeness (QED) is 0.927. The summed E-state index contributed by atoms with van der Waals surface area (Å²) in [7, 11) is 0. The number of hydrogen-bond acceptors (Lipinski definition) is 3. The van der Waals surface area contributed by atoms with Gasteiger partial charge in [-0.25, -0.2) is 0 Å². The minimum atomic E-state index is 0.103. The van der Waals surface area contributed by atoms with Gasteiger partial charge in [-0.1, -0.05) is 0 Å². The molecule has 1 aliphatic heterocycles. The smallest absolute Gasteiger partial charge is 0.271 e. The Balaban J connectivity index is 1.35. The third-order valence-corrected chi connectivity index (χ3v) is 6.21. The van der Waals surface area contributed by atoms with Crippen LogP contribution in [0.4, 0.5) is 0 Å². The van der Waals surface area contributed by atoms with E-state index in [9.17, 15) is 4.79 Å². The number of amides is 1. The molecule has 1 N–H and O–H groups in total. The lowest BCUT2D eigenvalue weighted by Crippen LogP contribution is -2.30. The normalized spacial score (nSPS) is 31.6. The number of carbonyl (C=O) groups excluding carboxylic acids is 1. The van der Waals surface area contributed by atoms with E-state index in [4.69, 9.17) is 0 Å². The Bertz CT molecular complexity index is 722. The number of fused-ring (bicyclic) bond motifs is 5.